The number of rotatable bonds is 6. The second kappa shape index (κ2) is 6.50. The van der Waals surface area contributed by atoms with Crippen LogP contribution in [0.3, 0.4) is 0 Å². The van der Waals surface area contributed by atoms with Gasteiger partial charge in [-0.3, -0.25) is 0 Å². The largest absolute Gasteiger partial charge is 0.356 e. The van der Waals surface area contributed by atoms with Crippen LogP contribution in [-0.4, -0.2) is 19.6 Å². The number of anilines is 1. The Labute approximate surface area is 144 Å². The van der Waals surface area contributed by atoms with Crippen LogP contribution in [0.5, 0.6) is 0 Å². The molecular formula is C14H12FN5S3. The van der Waals surface area contributed by atoms with Crippen LogP contribution in [-0.2, 0) is 6.54 Å². The summed E-state index contributed by atoms with van der Waals surface area (Å²) >= 11 is 4.39. The maximum Gasteiger partial charge on any atom is 0.206 e. The minimum atomic E-state index is -0.231. The van der Waals surface area contributed by atoms with Crippen molar-refractivity contribution in [2.45, 2.75) is 34.0 Å². The molecule has 9 heteroatoms. The molecule has 2 heterocycles. The molecule has 1 fully saturated rings. The number of halogens is 1. The number of hydrogen-bond donors (Lipinski definition) is 1. The molecule has 0 saturated heterocycles. The fourth-order valence-corrected chi connectivity index (χ4v) is 4.58. The van der Waals surface area contributed by atoms with Crippen molar-refractivity contribution in [3.63, 3.8) is 0 Å². The Balaban J connectivity index is 1.35. The Morgan fingerprint density at radius 1 is 1.17 bits per heavy atom. The molecule has 0 unspecified atom stereocenters. The number of hydrogen-bond acceptors (Lipinski definition) is 8. The first-order chi connectivity index (χ1) is 11.3. The zero-order chi connectivity index (χ0) is 15.6. The Bertz CT molecular complexity index is 797. The maximum absolute atomic E-state index is 12.9. The van der Waals surface area contributed by atoms with Crippen molar-refractivity contribution in [2.24, 2.45) is 0 Å². The van der Waals surface area contributed by atoms with E-state index in [0.29, 0.717) is 12.5 Å². The summed E-state index contributed by atoms with van der Waals surface area (Å²) in [5, 5.41) is 12.2. The molecule has 1 aliphatic carbocycles. The fourth-order valence-electron chi connectivity index (χ4n) is 1.95. The molecule has 118 valence electrons. The van der Waals surface area contributed by atoms with E-state index in [2.05, 4.69) is 24.9 Å². The molecule has 0 radical (unpaired) electrons. The van der Waals surface area contributed by atoms with E-state index in [0.717, 1.165) is 25.2 Å². The van der Waals surface area contributed by atoms with E-state index in [1.54, 1.807) is 12.1 Å². The van der Waals surface area contributed by atoms with E-state index < -0.39 is 0 Å². The van der Waals surface area contributed by atoms with Crippen LogP contribution in [0.1, 0.15) is 30.1 Å². The predicted octanol–water partition coefficient (Wildman–Crippen LogP) is 4.17. The van der Waals surface area contributed by atoms with Gasteiger partial charge < -0.3 is 5.32 Å². The summed E-state index contributed by atoms with van der Waals surface area (Å²) in [4.78, 5) is 4.53. The second-order valence-corrected chi connectivity index (χ2v) is 8.37. The van der Waals surface area contributed by atoms with Crippen molar-refractivity contribution >= 4 is 39.8 Å². The zero-order valence-electron chi connectivity index (χ0n) is 11.9. The van der Waals surface area contributed by atoms with Crippen molar-refractivity contribution in [1.82, 2.24) is 19.6 Å². The molecule has 0 amide bonds. The monoisotopic (exact) mass is 365 g/mol. The maximum atomic E-state index is 12.9. The van der Waals surface area contributed by atoms with Crippen molar-refractivity contribution in [1.29, 1.82) is 0 Å². The summed E-state index contributed by atoms with van der Waals surface area (Å²) in [6.45, 7) is 0.588. The van der Waals surface area contributed by atoms with Crippen LogP contribution in [0.15, 0.2) is 32.9 Å². The topological polar surface area (TPSA) is 63.6 Å². The highest BCUT2D eigenvalue weighted by molar-refractivity contribution is 8.02. The van der Waals surface area contributed by atoms with Gasteiger partial charge in [0.2, 0.25) is 5.13 Å². The molecule has 0 aliphatic heterocycles. The molecule has 0 atom stereocenters. The Hall–Kier alpha value is -1.58. The van der Waals surface area contributed by atoms with Gasteiger partial charge in [-0.15, -0.1) is 10.2 Å². The first-order valence-corrected chi connectivity index (χ1v) is 9.50. The minimum Gasteiger partial charge on any atom is -0.356 e. The molecule has 1 aromatic carbocycles. The summed E-state index contributed by atoms with van der Waals surface area (Å²) in [5.41, 5.74) is 0.994. The quantitative estimate of drug-likeness (QED) is 0.707. The summed E-state index contributed by atoms with van der Waals surface area (Å²) in [5.74, 6) is 1.31. The fraction of sp³-hybridized carbons (Fsp3) is 0.286. The van der Waals surface area contributed by atoms with Gasteiger partial charge in [0.25, 0.3) is 0 Å². The highest BCUT2D eigenvalue weighted by atomic mass is 32.2. The van der Waals surface area contributed by atoms with Gasteiger partial charge in [-0.25, -0.2) is 9.37 Å². The molecule has 4 rings (SSSR count). The molecule has 0 spiro atoms. The molecule has 0 bridgehead atoms. The van der Waals surface area contributed by atoms with Crippen LogP contribution in [0.4, 0.5) is 9.52 Å². The molecule has 3 aromatic rings. The SMILES string of the molecule is Fc1ccc(CNc2nnc(Sc3nc(C4CC4)ns3)s2)cc1. The van der Waals surface area contributed by atoms with Crippen LogP contribution in [0.2, 0.25) is 0 Å². The van der Waals surface area contributed by atoms with E-state index in [4.69, 9.17) is 0 Å². The van der Waals surface area contributed by atoms with Crippen molar-refractivity contribution < 1.29 is 4.39 Å². The third-order valence-electron chi connectivity index (χ3n) is 3.30. The van der Waals surface area contributed by atoms with Crippen molar-refractivity contribution in [2.75, 3.05) is 5.32 Å². The Morgan fingerprint density at radius 2 is 2.00 bits per heavy atom. The standard InChI is InChI=1S/C14H12FN5S3/c15-10-5-1-8(2-6-10)7-16-12-18-19-14(21-12)22-13-17-11(20-23-13)9-3-4-9/h1-2,5-6,9H,3-4,7H2,(H,16,18). The first kappa shape index (κ1) is 15.0. The van der Waals surface area contributed by atoms with Gasteiger partial charge in [-0.05, 0) is 53.8 Å². The lowest BCUT2D eigenvalue weighted by molar-refractivity contribution is 0.627. The lowest BCUT2D eigenvalue weighted by Crippen LogP contribution is -1.98. The highest BCUT2D eigenvalue weighted by Gasteiger charge is 2.28. The minimum absolute atomic E-state index is 0.231. The molecule has 2 aromatic heterocycles. The van der Waals surface area contributed by atoms with Gasteiger partial charge >= 0.3 is 0 Å². The Kier molecular flexibility index (Phi) is 4.23. The van der Waals surface area contributed by atoms with E-state index in [9.17, 15) is 4.39 Å². The summed E-state index contributed by atoms with van der Waals surface area (Å²) in [6.07, 6.45) is 2.41. The highest BCUT2D eigenvalue weighted by Crippen LogP contribution is 2.41. The van der Waals surface area contributed by atoms with Gasteiger partial charge in [0.1, 0.15) is 11.6 Å². The molecule has 1 aliphatic rings. The molecular weight excluding hydrogens is 353 g/mol. The van der Waals surface area contributed by atoms with Crippen LogP contribution in [0, 0.1) is 5.82 Å². The number of benzene rings is 1. The average molecular weight is 365 g/mol. The molecule has 5 nitrogen and oxygen atoms in total. The normalized spacial score (nSPS) is 14.1. The van der Waals surface area contributed by atoms with E-state index in [-0.39, 0.29) is 5.82 Å². The summed E-state index contributed by atoms with van der Waals surface area (Å²) < 4.78 is 19.0. The van der Waals surface area contributed by atoms with Crippen molar-refractivity contribution in [3.05, 3.63) is 41.5 Å². The van der Waals surface area contributed by atoms with Gasteiger partial charge in [0.15, 0.2) is 8.68 Å². The van der Waals surface area contributed by atoms with Crippen LogP contribution < -0.4 is 5.32 Å². The lowest BCUT2D eigenvalue weighted by Gasteiger charge is -2.01. The van der Waals surface area contributed by atoms with Gasteiger partial charge in [-0.1, -0.05) is 23.5 Å². The first-order valence-electron chi connectivity index (χ1n) is 7.09. The van der Waals surface area contributed by atoms with Gasteiger partial charge in [0.05, 0.1) is 0 Å². The number of aromatic nitrogens is 4. The van der Waals surface area contributed by atoms with E-state index >= 15 is 0 Å². The third-order valence-corrected chi connectivity index (χ3v) is 6.00. The summed E-state index contributed by atoms with van der Waals surface area (Å²) in [7, 11) is 0. The smallest absolute Gasteiger partial charge is 0.206 e. The van der Waals surface area contributed by atoms with E-state index in [1.165, 1.54) is 59.6 Å². The number of nitrogens with one attached hydrogen (secondary N) is 1. The lowest BCUT2D eigenvalue weighted by atomic mass is 10.2. The van der Waals surface area contributed by atoms with Crippen LogP contribution in [0.25, 0.3) is 0 Å². The molecule has 1 saturated carbocycles. The van der Waals surface area contributed by atoms with Gasteiger partial charge in [-0.2, -0.15) is 4.37 Å². The molecule has 23 heavy (non-hydrogen) atoms. The average Bonchev–Trinajstić information content (AvgIpc) is 3.14. The van der Waals surface area contributed by atoms with Gasteiger partial charge in [0, 0.05) is 12.5 Å². The number of nitrogens with zero attached hydrogens (tertiary/aromatic N) is 4. The summed E-state index contributed by atoms with van der Waals surface area (Å²) in [6, 6.07) is 6.40. The molecule has 1 N–H and O–H groups in total. The van der Waals surface area contributed by atoms with E-state index in [1.807, 2.05) is 0 Å². The van der Waals surface area contributed by atoms with Crippen LogP contribution >= 0.6 is 34.6 Å². The second-order valence-electron chi connectivity index (χ2n) is 5.15. The predicted molar refractivity (Wildman–Crippen MR) is 89.6 cm³/mol. The third kappa shape index (κ3) is 3.85. The van der Waals surface area contributed by atoms with Crippen molar-refractivity contribution in [3.8, 4) is 0 Å². The Morgan fingerprint density at radius 3 is 2.78 bits per heavy atom. The zero-order valence-corrected chi connectivity index (χ0v) is 14.3.